The monoisotopic (exact) mass is 1060 g/mol. The second-order valence-electron chi connectivity index (χ2n) is 20.2. The van der Waals surface area contributed by atoms with Gasteiger partial charge in [-0.1, -0.05) is 64.9 Å². The summed E-state index contributed by atoms with van der Waals surface area (Å²) < 4.78 is 52.3. The van der Waals surface area contributed by atoms with Crippen LogP contribution in [0.2, 0.25) is 0 Å². The molecule has 1 unspecified atom stereocenters. The lowest BCUT2D eigenvalue weighted by Crippen LogP contribution is -2.37. The maximum atomic E-state index is 14.2. The molecule has 5 aromatic rings. The molecule has 0 radical (unpaired) electrons. The molecule has 3 N–H and O–H groups in total. The normalized spacial score (nSPS) is 17.2. The van der Waals surface area contributed by atoms with Crippen molar-refractivity contribution in [2.45, 2.75) is 121 Å². The third kappa shape index (κ3) is 11.8. The highest BCUT2D eigenvalue weighted by atomic mass is 33.1. The van der Waals surface area contributed by atoms with Gasteiger partial charge in [-0.3, -0.25) is 23.7 Å². The number of methoxy groups -OCH3 is 1. The van der Waals surface area contributed by atoms with E-state index >= 15 is 0 Å². The van der Waals surface area contributed by atoms with Crippen molar-refractivity contribution >= 4 is 72.3 Å². The molecular weight excluding hydrogens is 997 g/mol. The number of hydrogen-bond donors (Lipinski definition) is 3. The van der Waals surface area contributed by atoms with E-state index in [1.807, 2.05) is 103 Å². The number of ketones is 1. The molecular formula is C57H64N4O10S3. The highest BCUT2D eigenvalue weighted by molar-refractivity contribution is 8.77. The number of Topliss-reactive ketones (excluding diaryl/α,β-unsaturated/α-hetero) is 1. The molecule has 14 nitrogen and oxygen atoms in total. The summed E-state index contributed by atoms with van der Waals surface area (Å²) in [5, 5.41) is 4.43. The highest BCUT2D eigenvalue weighted by Gasteiger charge is 2.39. The largest absolute Gasteiger partial charge is 0.493 e. The van der Waals surface area contributed by atoms with Crippen LogP contribution in [0, 0.1) is 6.92 Å². The molecule has 4 heterocycles. The minimum atomic E-state index is -4.55. The molecule has 74 heavy (non-hydrogen) atoms. The van der Waals surface area contributed by atoms with E-state index in [1.54, 1.807) is 20.1 Å². The summed E-state index contributed by atoms with van der Waals surface area (Å²) in [6, 6.07) is 29.8. The molecule has 0 bridgehead atoms. The minimum Gasteiger partial charge on any atom is -0.493 e. The van der Waals surface area contributed by atoms with Crippen molar-refractivity contribution in [1.82, 2.24) is 5.32 Å². The van der Waals surface area contributed by atoms with Crippen molar-refractivity contribution in [1.29, 1.82) is 0 Å². The quantitative estimate of drug-likeness (QED) is 0.0359. The Morgan fingerprint density at radius 2 is 1.35 bits per heavy atom. The molecule has 0 saturated carbocycles. The predicted molar refractivity (Wildman–Crippen MR) is 293 cm³/mol. The van der Waals surface area contributed by atoms with E-state index in [-0.39, 0.29) is 62.4 Å². The van der Waals surface area contributed by atoms with Crippen molar-refractivity contribution in [3.8, 4) is 17.2 Å². The lowest BCUT2D eigenvalue weighted by molar-refractivity contribution is -0.118. The summed E-state index contributed by atoms with van der Waals surface area (Å²) in [6.45, 7) is 8.39. The zero-order chi connectivity index (χ0) is 52.3. The van der Waals surface area contributed by atoms with Crippen LogP contribution in [-0.2, 0) is 58.6 Å². The van der Waals surface area contributed by atoms with E-state index in [0.717, 1.165) is 71.3 Å². The number of nitrogens with zero attached hydrogens (tertiary/aromatic N) is 2. The molecule has 0 fully saturated rings. The summed E-state index contributed by atoms with van der Waals surface area (Å²) in [6.07, 6.45) is 5.39. The smallest absolute Gasteiger partial charge is 0.275 e. The fraction of sp³-hybridized carbons (Fsp3) is 0.404. The first-order chi connectivity index (χ1) is 35.5. The Labute approximate surface area is 441 Å². The van der Waals surface area contributed by atoms with Crippen LogP contribution in [0.3, 0.4) is 0 Å². The molecule has 5 aromatic carbocycles. The van der Waals surface area contributed by atoms with Crippen molar-refractivity contribution in [3.05, 3.63) is 141 Å². The molecule has 17 heteroatoms. The summed E-state index contributed by atoms with van der Waals surface area (Å²) in [5.41, 5.74) is 10.4. The fourth-order valence-corrected chi connectivity index (χ4v) is 14.3. The van der Waals surface area contributed by atoms with Crippen LogP contribution in [0.1, 0.15) is 113 Å². The lowest BCUT2D eigenvalue weighted by atomic mass is 9.98. The number of carbonyl (C=O) groups is 4. The van der Waals surface area contributed by atoms with E-state index in [4.69, 9.17) is 14.2 Å². The van der Waals surface area contributed by atoms with Gasteiger partial charge in [-0.05, 0) is 172 Å². The molecule has 0 saturated heterocycles. The molecule has 3 atom stereocenters. The average Bonchev–Trinajstić information content (AvgIpc) is 3.87. The first kappa shape index (κ1) is 53.0. The number of rotatable bonds is 21. The number of fused-ring (bicyclic) bond motifs is 8. The van der Waals surface area contributed by atoms with Gasteiger partial charge < -0.3 is 34.6 Å². The molecule has 4 aliphatic heterocycles. The van der Waals surface area contributed by atoms with Crippen LogP contribution < -0.4 is 34.6 Å². The van der Waals surface area contributed by atoms with Gasteiger partial charge in [-0.2, -0.15) is 8.42 Å². The number of anilines is 3. The Bertz CT molecular complexity index is 3090. The minimum absolute atomic E-state index is 0.0115. The van der Waals surface area contributed by atoms with Gasteiger partial charge in [-0.25, -0.2) is 0 Å². The van der Waals surface area contributed by atoms with E-state index in [9.17, 15) is 32.1 Å². The number of benzene rings is 5. The lowest BCUT2D eigenvalue weighted by Gasteiger charge is -2.23. The Morgan fingerprint density at radius 3 is 1.93 bits per heavy atom. The van der Waals surface area contributed by atoms with Gasteiger partial charge in [0.05, 0.1) is 13.7 Å². The third-order valence-electron chi connectivity index (χ3n) is 14.4. The number of amides is 3. The van der Waals surface area contributed by atoms with Gasteiger partial charge in [0.25, 0.3) is 21.9 Å². The van der Waals surface area contributed by atoms with Crippen LogP contribution in [0.5, 0.6) is 17.2 Å². The number of hydrogen-bond acceptors (Lipinski definition) is 12. The zero-order valence-electron chi connectivity index (χ0n) is 42.5. The van der Waals surface area contributed by atoms with Gasteiger partial charge >= 0.3 is 0 Å². The van der Waals surface area contributed by atoms with E-state index < -0.39 is 25.9 Å². The first-order valence-corrected chi connectivity index (χ1v) is 29.2. The molecule has 0 aliphatic carbocycles. The van der Waals surface area contributed by atoms with Crippen LogP contribution in [0.4, 0.5) is 17.1 Å². The molecule has 0 aromatic heterocycles. The van der Waals surface area contributed by atoms with Crippen molar-refractivity contribution in [2.24, 2.45) is 0 Å². The molecule has 9 rings (SSSR count). The second kappa shape index (κ2) is 22.6. The molecule has 0 spiro atoms. The summed E-state index contributed by atoms with van der Waals surface area (Å²) in [7, 11) is -0.0968. The Balaban J connectivity index is 0.904. The molecule has 3 amide bonds. The van der Waals surface area contributed by atoms with Crippen LogP contribution in [0.25, 0.3) is 0 Å². The van der Waals surface area contributed by atoms with E-state index in [2.05, 4.69) is 22.8 Å². The number of ether oxygens (including phenoxy) is 3. The molecule has 4 aliphatic rings. The highest BCUT2D eigenvalue weighted by Crippen LogP contribution is 2.43. The Kier molecular flexibility index (Phi) is 16.1. The van der Waals surface area contributed by atoms with Crippen LogP contribution in [0.15, 0.2) is 91.0 Å². The Morgan fingerprint density at radius 1 is 0.784 bits per heavy atom. The van der Waals surface area contributed by atoms with E-state index in [0.29, 0.717) is 59.2 Å². The second-order valence-corrected chi connectivity index (χ2v) is 24.9. The van der Waals surface area contributed by atoms with Gasteiger partial charge in [-0.15, -0.1) is 0 Å². The van der Waals surface area contributed by atoms with Crippen LogP contribution in [-0.4, -0.2) is 84.5 Å². The Hall–Kier alpha value is -5.85. The van der Waals surface area contributed by atoms with Crippen molar-refractivity contribution in [2.75, 3.05) is 41.1 Å². The number of nitrogens with one attached hydrogen (secondary N) is 2. The fourth-order valence-electron chi connectivity index (χ4n) is 10.6. The third-order valence-corrected chi connectivity index (χ3v) is 19.0. The maximum absolute atomic E-state index is 14.2. The van der Waals surface area contributed by atoms with E-state index in [1.165, 1.54) is 32.7 Å². The van der Waals surface area contributed by atoms with Crippen molar-refractivity contribution < 1.29 is 46.4 Å². The number of aryl methyl sites for hydroxylation is 3. The average molecular weight is 1060 g/mol. The van der Waals surface area contributed by atoms with Crippen molar-refractivity contribution in [3.63, 3.8) is 0 Å². The zero-order valence-corrected chi connectivity index (χ0v) is 45.0. The summed E-state index contributed by atoms with van der Waals surface area (Å²) in [4.78, 5) is 58.4. The maximum Gasteiger partial charge on any atom is 0.275 e. The predicted octanol–water partition coefficient (Wildman–Crippen LogP) is 9.90. The number of likely N-dealkylation sites (N-methyl/N-ethyl adjacent to an activating group) is 1. The topological polar surface area (TPSA) is 181 Å². The summed E-state index contributed by atoms with van der Waals surface area (Å²) >= 11 is 0. The van der Waals surface area contributed by atoms with Gasteiger partial charge in [0, 0.05) is 57.2 Å². The first-order valence-electron chi connectivity index (χ1n) is 25.4. The number of para-hydroxylation sites is 2. The standard InChI is InChI=1S/C57H64N4O10S3/c1-6-58-32-49(62)53(74(66,67)68)20-22-72-73-57(3,4)21-19-54(63)59-42-25-36(33-70-50-29-38-15-17-43-27-40-11-7-9-13-47(40)60(43)55(64)45(38)23-35(50)2)24-37(26-42)34-71-52-30-39-16-18-44-28-41-12-8-10-14-48(41)61(44)56(65)46(39)31-51(52)69-5/h7-14,23-26,29-31,43-44,53,58H,6,15-22,27-28,32-34H2,1-5H3,(H,59,63)(H,66,67,68)/t43-,44-,53?/m1/s1. The van der Waals surface area contributed by atoms with Gasteiger partial charge in [0.1, 0.15) is 24.2 Å². The van der Waals surface area contributed by atoms with Gasteiger partial charge in [0.15, 0.2) is 17.3 Å². The summed E-state index contributed by atoms with van der Waals surface area (Å²) in [5.74, 6) is 1.10. The van der Waals surface area contributed by atoms with Crippen LogP contribution >= 0.6 is 21.6 Å². The molecule has 390 valence electrons. The van der Waals surface area contributed by atoms with Gasteiger partial charge in [0.2, 0.25) is 5.91 Å². The SMILES string of the molecule is CCNCC(=O)C(CCSSC(C)(C)CCC(=O)Nc1cc(COc2cc3c(cc2C)C(=O)N2c4ccccc4C[C@H]2CC3)cc(COc2cc3c(cc2OC)C(=O)N2c4ccccc4C[C@H]2CC3)c1)S(=O)(=O)O. The number of carbonyl (C=O) groups excluding carboxylic acids is 4.